The van der Waals surface area contributed by atoms with E-state index in [1.54, 1.807) is 12.1 Å². The molecule has 1 aromatic carbocycles. The topological polar surface area (TPSA) is 163 Å². The van der Waals surface area contributed by atoms with E-state index in [0.717, 1.165) is 10.5 Å². The third kappa shape index (κ3) is 6.92. The number of aliphatic carboxylic acids is 2. The Balaban J connectivity index is 0.000000509. The summed E-state index contributed by atoms with van der Waals surface area (Å²) in [4.78, 5) is 49.8. The normalized spacial score (nSPS) is 17.1. The molecule has 1 aliphatic heterocycles. The number of aromatic nitrogens is 1. The molecular formula is C21H21F3N4O6. The Labute approximate surface area is 191 Å². The second-order valence-electron chi connectivity index (χ2n) is 7.16. The van der Waals surface area contributed by atoms with Crippen LogP contribution in [-0.4, -0.2) is 62.7 Å². The number of halogens is 3. The number of hydrogen-bond donors (Lipinski definition) is 4. The second-order valence-corrected chi connectivity index (χ2v) is 7.16. The van der Waals surface area contributed by atoms with E-state index >= 15 is 0 Å². The monoisotopic (exact) mass is 482 g/mol. The van der Waals surface area contributed by atoms with Crippen molar-refractivity contribution in [3.05, 3.63) is 59.8 Å². The van der Waals surface area contributed by atoms with E-state index in [9.17, 15) is 32.7 Å². The molecule has 0 bridgehead atoms. The highest BCUT2D eigenvalue weighted by atomic mass is 19.4. The number of amides is 3. The van der Waals surface area contributed by atoms with Gasteiger partial charge in [0.1, 0.15) is 5.82 Å². The molecule has 1 aromatic heterocycles. The molecule has 0 aliphatic carbocycles. The molecule has 1 aliphatic rings. The smallest absolute Gasteiger partial charge is 0.480 e. The summed E-state index contributed by atoms with van der Waals surface area (Å²) in [5.41, 5.74) is 7.36. The van der Waals surface area contributed by atoms with Crippen LogP contribution in [0.1, 0.15) is 11.1 Å². The van der Waals surface area contributed by atoms with Gasteiger partial charge < -0.3 is 21.3 Å². The fourth-order valence-corrected chi connectivity index (χ4v) is 3.18. The standard InChI is InChI=1S/C19H20N4O4.C2HF3O2/c20-15-11-13(7-8-21-15)10-14-16(18(25)26)23(17(14)24)19(27)22-9-6-12-4-2-1-3-5-12;3-2(4,5)1(6)7/h1-5,7-8,11,14,16H,6,9-10H2,(H2,20,21)(H,22,27)(H,25,26);(H,6,7)/t14-,16+;/m1./s1. The third-order valence-electron chi connectivity index (χ3n) is 4.76. The van der Waals surface area contributed by atoms with Crippen LogP contribution in [0.25, 0.3) is 0 Å². The molecular weight excluding hydrogens is 461 g/mol. The molecule has 13 heteroatoms. The number of carboxylic acid groups (broad SMARTS) is 2. The summed E-state index contributed by atoms with van der Waals surface area (Å²) in [5, 5.41) is 19.2. The van der Waals surface area contributed by atoms with E-state index in [1.807, 2.05) is 30.3 Å². The van der Waals surface area contributed by atoms with Gasteiger partial charge in [-0.2, -0.15) is 13.2 Å². The van der Waals surface area contributed by atoms with Crippen molar-refractivity contribution in [2.75, 3.05) is 12.3 Å². The lowest BCUT2D eigenvalue weighted by Gasteiger charge is -2.42. The van der Waals surface area contributed by atoms with Crippen molar-refractivity contribution in [2.45, 2.75) is 25.1 Å². The Morgan fingerprint density at radius 2 is 1.71 bits per heavy atom. The van der Waals surface area contributed by atoms with Crippen LogP contribution in [0.5, 0.6) is 0 Å². The molecule has 2 aromatic rings. The van der Waals surface area contributed by atoms with Gasteiger partial charge in [0.25, 0.3) is 0 Å². The number of pyridine rings is 1. The number of nitrogens with zero attached hydrogens (tertiary/aromatic N) is 2. The molecule has 0 unspecified atom stereocenters. The molecule has 2 atom stereocenters. The van der Waals surface area contributed by atoms with Crippen LogP contribution in [0, 0.1) is 5.92 Å². The lowest BCUT2D eigenvalue weighted by molar-refractivity contribution is -0.192. The predicted molar refractivity (Wildman–Crippen MR) is 111 cm³/mol. The lowest BCUT2D eigenvalue weighted by atomic mass is 9.82. The number of nitrogen functional groups attached to an aromatic ring is 1. The maximum absolute atomic E-state index is 12.4. The van der Waals surface area contributed by atoms with Crippen LogP contribution in [0.2, 0.25) is 0 Å². The fourth-order valence-electron chi connectivity index (χ4n) is 3.18. The quantitative estimate of drug-likeness (QED) is 0.452. The van der Waals surface area contributed by atoms with Crippen molar-refractivity contribution in [1.29, 1.82) is 0 Å². The van der Waals surface area contributed by atoms with Gasteiger partial charge in [-0.3, -0.25) is 4.79 Å². The molecule has 182 valence electrons. The zero-order chi connectivity index (χ0) is 25.5. The summed E-state index contributed by atoms with van der Waals surface area (Å²) in [6, 6.07) is 10.9. The van der Waals surface area contributed by atoms with Crippen molar-refractivity contribution in [3.8, 4) is 0 Å². The number of urea groups is 1. The van der Waals surface area contributed by atoms with E-state index < -0.39 is 42.0 Å². The molecule has 3 amide bonds. The van der Waals surface area contributed by atoms with Crippen LogP contribution in [0.3, 0.4) is 0 Å². The number of nitrogens with two attached hydrogens (primary N) is 1. The largest absolute Gasteiger partial charge is 0.490 e. The number of likely N-dealkylation sites (tertiary alicyclic amines) is 1. The van der Waals surface area contributed by atoms with Crippen LogP contribution in [0.4, 0.5) is 23.8 Å². The van der Waals surface area contributed by atoms with E-state index in [4.69, 9.17) is 15.6 Å². The average molecular weight is 482 g/mol. The molecule has 1 fully saturated rings. The minimum atomic E-state index is -5.08. The minimum Gasteiger partial charge on any atom is -0.480 e. The number of β-lactam (4-membered cyclic amide) rings is 1. The number of rotatable bonds is 6. The van der Waals surface area contributed by atoms with Crippen LogP contribution >= 0.6 is 0 Å². The number of alkyl halides is 3. The number of hydrogen-bond acceptors (Lipinski definition) is 6. The highest BCUT2D eigenvalue weighted by molar-refractivity contribution is 6.07. The SMILES string of the molecule is Nc1cc(C[C@H]2C(=O)N(C(=O)NCCc3ccccc3)[C@@H]2C(=O)O)ccn1.O=C(O)C(F)(F)F. The zero-order valence-corrected chi connectivity index (χ0v) is 17.5. The summed E-state index contributed by atoms with van der Waals surface area (Å²) >= 11 is 0. The van der Waals surface area contributed by atoms with Crippen molar-refractivity contribution in [2.24, 2.45) is 5.92 Å². The van der Waals surface area contributed by atoms with Gasteiger partial charge in [0.05, 0.1) is 5.92 Å². The van der Waals surface area contributed by atoms with Gasteiger partial charge in [-0.15, -0.1) is 0 Å². The third-order valence-corrected chi connectivity index (χ3v) is 4.76. The first kappa shape index (κ1) is 26.1. The highest BCUT2D eigenvalue weighted by Gasteiger charge is 2.54. The van der Waals surface area contributed by atoms with Gasteiger partial charge in [-0.25, -0.2) is 24.3 Å². The Hall–Kier alpha value is -4.16. The molecule has 5 N–H and O–H groups in total. The lowest BCUT2D eigenvalue weighted by Crippen LogP contribution is -2.68. The van der Waals surface area contributed by atoms with Crippen LogP contribution in [0.15, 0.2) is 48.7 Å². The Bertz CT molecular complexity index is 1050. The van der Waals surface area contributed by atoms with E-state index in [1.165, 1.54) is 6.20 Å². The predicted octanol–water partition coefficient (Wildman–Crippen LogP) is 1.70. The number of anilines is 1. The number of benzene rings is 1. The number of carbonyl (C=O) groups is 4. The first-order valence-electron chi connectivity index (χ1n) is 9.80. The molecule has 1 saturated heterocycles. The summed E-state index contributed by atoms with van der Waals surface area (Å²) in [5.74, 6) is -4.98. The molecule has 0 spiro atoms. The van der Waals surface area contributed by atoms with Gasteiger partial charge in [0, 0.05) is 12.7 Å². The van der Waals surface area contributed by atoms with Crippen molar-refractivity contribution in [1.82, 2.24) is 15.2 Å². The first-order valence-corrected chi connectivity index (χ1v) is 9.80. The van der Waals surface area contributed by atoms with E-state index in [-0.39, 0.29) is 6.42 Å². The molecule has 3 rings (SSSR count). The molecule has 2 heterocycles. The molecule has 34 heavy (non-hydrogen) atoms. The van der Waals surface area contributed by atoms with Crippen molar-refractivity contribution < 1.29 is 42.6 Å². The number of carboxylic acids is 2. The Morgan fingerprint density at radius 3 is 2.24 bits per heavy atom. The number of imide groups is 1. The second kappa shape index (κ2) is 11.1. The van der Waals surface area contributed by atoms with E-state index in [0.29, 0.717) is 24.3 Å². The maximum Gasteiger partial charge on any atom is 0.490 e. The minimum absolute atomic E-state index is 0.191. The average Bonchev–Trinajstić information content (AvgIpc) is 2.75. The van der Waals surface area contributed by atoms with Gasteiger partial charge in [-0.1, -0.05) is 30.3 Å². The fraction of sp³-hybridized carbons (Fsp3) is 0.286. The van der Waals surface area contributed by atoms with Crippen LogP contribution in [-0.2, 0) is 27.2 Å². The van der Waals surface area contributed by atoms with Crippen molar-refractivity contribution in [3.63, 3.8) is 0 Å². The van der Waals surface area contributed by atoms with Gasteiger partial charge in [0.15, 0.2) is 6.04 Å². The number of carbonyl (C=O) groups excluding carboxylic acids is 2. The molecule has 0 saturated carbocycles. The van der Waals surface area contributed by atoms with Crippen molar-refractivity contribution >= 4 is 29.7 Å². The summed E-state index contributed by atoms with van der Waals surface area (Å²) in [7, 11) is 0. The summed E-state index contributed by atoms with van der Waals surface area (Å²) in [6.07, 6.45) is -2.81. The van der Waals surface area contributed by atoms with E-state index in [2.05, 4.69) is 10.3 Å². The Morgan fingerprint density at radius 1 is 1.09 bits per heavy atom. The molecule has 0 radical (unpaired) electrons. The van der Waals surface area contributed by atoms with Crippen LogP contribution < -0.4 is 11.1 Å². The van der Waals surface area contributed by atoms with Gasteiger partial charge in [-0.05, 0) is 36.1 Å². The molecule has 10 nitrogen and oxygen atoms in total. The van der Waals surface area contributed by atoms with Gasteiger partial charge >= 0.3 is 24.1 Å². The highest BCUT2D eigenvalue weighted by Crippen LogP contribution is 2.30. The van der Waals surface area contributed by atoms with Gasteiger partial charge in [0.2, 0.25) is 5.91 Å². The Kier molecular flexibility index (Phi) is 8.53. The summed E-state index contributed by atoms with van der Waals surface area (Å²) in [6.45, 7) is 0.310. The maximum atomic E-state index is 12.4. The zero-order valence-electron chi connectivity index (χ0n) is 17.5. The first-order chi connectivity index (χ1) is 15.9. The number of nitrogens with one attached hydrogen (secondary N) is 1. The summed E-state index contributed by atoms with van der Waals surface area (Å²) < 4.78 is 31.7.